The van der Waals surface area contributed by atoms with E-state index in [4.69, 9.17) is 25.8 Å². The molecule has 0 aromatic heterocycles. The van der Waals surface area contributed by atoms with Crippen molar-refractivity contribution in [1.82, 2.24) is 0 Å². The summed E-state index contributed by atoms with van der Waals surface area (Å²) in [4.78, 5) is 24.4. The lowest BCUT2D eigenvalue weighted by Gasteiger charge is -2.12. The van der Waals surface area contributed by atoms with Crippen molar-refractivity contribution in [2.75, 3.05) is 25.6 Å². The monoisotopic (exact) mass is 431 g/mol. The van der Waals surface area contributed by atoms with Crippen molar-refractivity contribution in [2.24, 2.45) is 0 Å². The molecule has 0 saturated heterocycles. The second-order valence-corrected chi connectivity index (χ2v) is 6.72. The number of anilines is 1. The van der Waals surface area contributed by atoms with Crippen molar-refractivity contribution in [3.8, 4) is 11.5 Å². The summed E-state index contributed by atoms with van der Waals surface area (Å²) in [5, 5.41) is 2.89. The van der Waals surface area contributed by atoms with Gasteiger partial charge in [-0.3, -0.25) is 4.79 Å². The van der Waals surface area contributed by atoms with Crippen molar-refractivity contribution in [3.63, 3.8) is 0 Å². The lowest BCUT2D eigenvalue weighted by molar-refractivity contribution is -0.111. The van der Waals surface area contributed by atoms with Crippen LogP contribution in [0.15, 0.2) is 42.5 Å². The summed E-state index contributed by atoms with van der Waals surface area (Å²) in [6, 6.07) is 10.4. The molecule has 0 unspecified atom stereocenters. The highest BCUT2D eigenvalue weighted by molar-refractivity contribution is 6.34. The van der Waals surface area contributed by atoms with Gasteiger partial charge in [-0.15, -0.1) is 0 Å². The highest BCUT2D eigenvalue weighted by Crippen LogP contribution is 2.31. The predicted octanol–water partition coefficient (Wildman–Crippen LogP) is 5.36. The van der Waals surface area contributed by atoms with Gasteiger partial charge in [0.15, 0.2) is 0 Å². The molecule has 0 radical (unpaired) electrons. The maximum absolute atomic E-state index is 12.4. The number of benzene rings is 2. The van der Waals surface area contributed by atoms with Crippen LogP contribution in [-0.4, -0.2) is 32.2 Å². The fraction of sp³-hybridized carbons (Fsp3) is 0.304. The summed E-state index contributed by atoms with van der Waals surface area (Å²) in [6.45, 7) is 4.65. The second-order valence-electron chi connectivity index (χ2n) is 6.32. The van der Waals surface area contributed by atoms with Gasteiger partial charge in [0.05, 0.1) is 31.0 Å². The van der Waals surface area contributed by atoms with E-state index in [1.165, 1.54) is 25.3 Å². The van der Waals surface area contributed by atoms with Gasteiger partial charge in [0.25, 0.3) is 0 Å². The molecule has 1 amide bonds. The van der Waals surface area contributed by atoms with Crippen LogP contribution in [0.4, 0.5) is 5.69 Å². The van der Waals surface area contributed by atoms with E-state index in [1.807, 2.05) is 24.3 Å². The van der Waals surface area contributed by atoms with E-state index in [0.29, 0.717) is 18.0 Å². The van der Waals surface area contributed by atoms with Crippen molar-refractivity contribution in [2.45, 2.75) is 26.7 Å². The molecular weight excluding hydrogens is 406 g/mol. The third kappa shape index (κ3) is 6.52. The molecule has 2 aromatic carbocycles. The van der Waals surface area contributed by atoms with Gasteiger partial charge in [-0.05, 0) is 31.6 Å². The zero-order chi connectivity index (χ0) is 21.9. The Morgan fingerprint density at radius 2 is 1.90 bits per heavy atom. The SMILES string of the molecule is CCCCOc1ccccc1/C=C/C(=O)Nc1cc(OC)c(C(=O)OCC)cc1Cl. The van der Waals surface area contributed by atoms with Crippen molar-refractivity contribution in [3.05, 3.63) is 58.6 Å². The zero-order valence-corrected chi connectivity index (χ0v) is 18.1. The Labute approximate surface area is 181 Å². The number of carbonyl (C=O) groups excluding carboxylic acids is 2. The molecule has 2 aromatic rings. The van der Waals surface area contributed by atoms with Crippen molar-refractivity contribution < 1.29 is 23.8 Å². The number of unbranched alkanes of at least 4 members (excludes halogenated alkanes) is 1. The molecule has 0 aliphatic heterocycles. The number of carbonyl (C=O) groups is 2. The Kier molecular flexibility index (Phi) is 9.22. The van der Waals surface area contributed by atoms with E-state index < -0.39 is 5.97 Å². The quantitative estimate of drug-likeness (QED) is 0.311. The molecule has 0 spiro atoms. The summed E-state index contributed by atoms with van der Waals surface area (Å²) in [5.74, 6) is 0.0418. The Bertz CT molecular complexity index is 910. The van der Waals surface area contributed by atoms with Crippen LogP contribution in [0.2, 0.25) is 5.02 Å². The Morgan fingerprint density at radius 3 is 2.60 bits per heavy atom. The number of halogens is 1. The number of amides is 1. The molecule has 0 bridgehead atoms. The maximum Gasteiger partial charge on any atom is 0.341 e. The molecular formula is C23H26ClNO5. The van der Waals surface area contributed by atoms with Gasteiger partial charge in [-0.1, -0.05) is 43.1 Å². The van der Waals surface area contributed by atoms with Crippen LogP contribution in [-0.2, 0) is 9.53 Å². The van der Waals surface area contributed by atoms with Gasteiger partial charge in [-0.2, -0.15) is 0 Å². The summed E-state index contributed by atoms with van der Waals surface area (Å²) in [5.41, 5.74) is 1.31. The first kappa shape index (κ1) is 23.3. The summed E-state index contributed by atoms with van der Waals surface area (Å²) < 4.78 is 16.0. The van der Waals surface area contributed by atoms with E-state index in [-0.39, 0.29) is 28.8 Å². The van der Waals surface area contributed by atoms with Gasteiger partial charge >= 0.3 is 5.97 Å². The zero-order valence-electron chi connectivity index (χ0n) is 17.4. The van der Waals surface area contributed by atoms with Gasteiger partial charge in [0, 0.05) is 17.7 Å². The number of rotatable bonds is 10. The highest BCUT2D eigenvalue weighted by atomic mass is 35.5. The largest absolute Gasteiger partial charge is 0.496 e. The van der Waals surface area contributed by atoms with Gasteiger partial charge in [-0.25, -0.2) is 4.79 Å². The van der Waals surface area contributed by atoms with E-state index in [2.05, 4.69) is 12.2 Å². The molecule has 0 aliphatic rings. The van der Waals surface area contributed by atoms with Crippen LogP contribution in [0.1, 0.15) is 42.6 Å². The average molecular weight is 432 g/mol. The smallest absolute Gasteiger partial charge is 0.341 e. The molecule has 0 atom stereocenters. The van der Waals surface area contributed by atoms with E-state index in [1.54, 1.807) is 13.0 Å². The number of hydrogen-bond donors (Lipinski definition) is 1. The van der Waals surface area contributed by atoms with E-state index in [0.717, 1.165) is 18.4 Å². The lowest BCUT2D eigenvalue weighted by Crippen LogP contribution is -2.11. The fourth-order valence-corrected chi connectivity index (χ4v) is 2.81. The molecule has 0 heterocycles. The van der Waals surface area contributed by atoms with E-state index in [9.17, 15) is 9.59 Å². The summed E-state index contributed by atoms with van der Waals surface area (Å²) >= 11 is 6.24. The topological polar surface area (TPSA) is 73.9 Å². The van der Waals surface area contributed by atoms with Crippen LogP contribution >= 0.6 is 11.6 Å². The van der Waals surface area contributed by atoms with Crippen LogP contribution in [0.25, 0.3) is 6.08 Å². The number of esters is 1. The minimum absolute atomic E-state index is 0.191. The predicted molar refractivity (Wildman–Crippen MR) is 118 cm³/mol. The van der Waals surface area contributed by atoms with Crippen LogP contribution < -0.4 is 14.8 Å². The second kappa shape index (κ2) is 11.9. The Hall–Kier alpha value is -2.99. The average Bonchev–Trinajstić information content (AvgIpc) is 2.74. The van der Waals surface area contributed by atoms with Crippen molar-refractivity contribution >= 4 is 35.2 Å². The first-order chi connectivity index (χ1) is 14.5. The first-order valence-corrected chi connectivity index (χ1v) is 10.1. The van der Waals surface area contributed by atoms with Crippen LogP contribution in [0.5, 0.6) is 11.5 Å². The molecule has 0 aliphatic carbocycles. The molecule has 1 N–H and O–H groups in total. The number of nitrogens with one attached hydrogen (secondary N) is 1. The number of para-hydroxylation sites is 1. The normalized spacial score (nSPS) is 10.7. The van der Waals surface area contributed by atoms with Gasteiger partial charge in [0.2, 0.25) is 5.91 Å². The standard InChI is InChI=1S/C23H26ClNO5/c1-4-6-13-30-20-10-8-7-9-16(20)11-12-22(26)25-19-15-21(28-3)17(14-18(19)24)23(27)29-5-2/h7-12,14-15H,4-6,13H2,1-3H3,(H,25,26)/b12-11+. The summed E-state index contributed by atoms with van der Waals surface area (Å²) in [7, 11) is 1.42. The van der Waals surface area contributed by atoms with Crippen LogP contribution in [0, 0.1) is 0 Å². The van der Waals surface area contributed by atoms with Gasteiger partial charge < -0.3 is 19.5 Å². The summed E-state index contributed by atoms with van der Waals surface area (Å²) in [6.07, 6.45) is 5.07. The third-order valence-electron chi connectivity index (χ3n) is 4.13. The molecule has 160 valence electrons. The Balaban J connectivity index is 2.14. The molecule has 0 saturated carbocycles. The maximum atomic E-state index is 12.4. The first-order valence-electron chi connectivity index (χ1n) is 9.75. The molecule has 0 fully saturated rings. The van der Waals surface area contributed by atoms with Crippen LogP contribution in [0.3, 0.4) is 0 Å². The van der Waals surface area contributed by atoms with Gasteiger partial charge in [0.1, 0.15) is 17.1 Å². The molecule has 6 nitrogen and oxygen atoms in total. The number of hydrogen-bond acceptors (Lipinski definition) is 5. The molecule has 30 heavy (non-hydrogen) atoms. The minimum Gasteiger partial charge on any atom is -0.496 e. The third-order valence-corrected chi connectivity index (χ3v) is 4.44. The molecule has 2 rings (SSSR count). The number of ether oxygens (including phenoxy) is 3. The fourth-order valence-electron chi connectivity index (χ4n) is 2.60. The minimum atomic E-state index is -0.547. The highest BCUT2D eigenvalue weighted by Gasteiger charge is 2.17. The number of methoxy groups -OCH3 is 1. The molecule has 7 heteroatoms. The van der Waals surface area contributed by atoms with Crippen molar-refractivity contribution in [1.29, 1.82) is 0 Å². The van der Waals surface area contributed by atoms with E-state index >= 15 is 0 Å². The Morgan fingerprint density at radius 1 is 1.13 bits per heavy atom. The lowest BCUT2D eigenvalue weighted by atomic mass is 10.1.